The van der Waals surface area contributed by atoms with Gasteiger partial charge in [-0.3, -0.25) is 14.4 Å². The highest BCUT2D eigenvalue weighted by Gasteiger charge is 2.34. The van der Waals surface area contributed by atoms with Gasteiger partial charge in [0.25, 0.3) is 11.5 Å². The van der Waals surface area contributed by atoms with Crippen LogP contribution in [-0.2, 0) is 11.2 Å². The van der Waals surface area contributed by atoms with Crippen molar-refractivity contribution in [1.29, 1.82) is 0 Å². The van der Waals surface area contributed by atoms with Gasteiger partial charge in [0.15, 0.2) is 0 Å². The molecule has 1 saturated heterocycles. The lowest BCUT2D eigenvalue weighted by molar-refractivity contribution is -0.121. The molecule has 0 unspecified atom stereocenters. The number of nitrogens with zero attached hydrogens (tertiary/aromatic N) is 3. The molecule has 0 aliphatic carbocycles. The Morgan fingerprint density at radius 3 is 2.55 bits per heavy atom. The number of aromatic amines is 1. The van der Waals surface area contributed by atoms with E-state index in [2.05, 4.69) is 10.2 Å². The van der Waals surface area contributed by atoms with Crippen LogP contribution in [-0.4, -0.2) is 46.0 Å². The van der Waals surface area contributed by atoms with Crippen molar-refractivity contribution in [2.45, 2.75) is 33.2 Å². The van der Waals surface area contributed by atoms with Crippen LogP contribution in [0.3, 0.4) is 0 Å². The first-order valence-electron chi connectivity index (χ1n) is 10.8. The SMILES string of the molecule is Cc1c(Cc2ccc(F)c(C(=O)N3CC(=O)N(c4ccccc4)[C@H](C)C3)c2)n[nH]c(=O)c1C. The van der Waals surface area contributed by atoms with Crippen LogP contribution >= 0.6 is 0 Å². The van der Waals surface area contributed by atoms with Crippen molar-refractivity contribution in [2.24, 2.45) is 0 Å². The Bertz CT molecular complexity index is 1270. The van der Waals surface area contributed by atoms with E-state index in [0.717, 1.165) is 11.3 Å². The number of hydrogen-bond acceptors (Lipinski definition) is 4. The van der Waals surface area contributed by atoms with Gasteiger partial charge in [-0.2, -0.15) is 5.10 Å². The van der Waals surface area contributed by atoms with Gasteiger partial charge in [-0.25, -0.2) is 9.49 Å². The molecule has 2 aromatic carbocycles. The number of aromatic nitrogens is 2. The second-order valence-electron chi connectivity index (χ2n) is 8.37. The van der Waals surface area contributed by atoms with Crippen LogP contribution in [0, 0.1) is 19.7 Å². The van der Waals surface area contributed by atoms with E-state index in [0.29, 0.717) is 29.8 Å². The van der Waals surface area contributed by atoms with Gasteiger partial charge < -0.3 is 9.80 Å². The molecule has 2 heterocycles. The minimum atomic E-state index is -0.642. The molecular weight excluding hydrogens is 423 g/mol. The normalized spacial score (nSPS) is 16.2. The smallest absolute Gasteiger partial charge is 0.267 e. The molecular formula is C25H25FN4O3. The molecule has 0 bridgehead atoms. The van der Waals surface area contributed by atoms with E-state index >= 15 is 0 Å². The lowest BCUT2D eigenvalue weighted by Gasteiger charge is -2.39. The minimum absolute atomic E-state index is 0.0838. The van der Waals surface area contributed by atoms with Crippen LogP contribution in [0.15, 0.2) is 53.3 Å². The Morgan fingerprint density at radius 2 is 1.85 bits per heavy atom. The fourth-order valence-corrected chi connectivity index (χ4v) is 4.15. The number of anilines is 1. The molecule has 1 aliphatic rings. The second-order valence-corrected chi connectivity index (χ2v) is 8.37. The average Bonchev–Trinajstić information content (AvgIpc) is 2.80. The van der Waals surface area contributed by atoms with Crippen molar-refractivity contribution in [3.8, 4) is 0 Å². The van der Waals surface area contributed by atoms with Gasteiger partial charge in [-0.1, -0.05) is 24.3 Å². The van der Waals surface area contributed by atoms with Crippen LogP contribution in [0.5, 0.6) is 0 Å². The number of para-hydroxylation sites is 1. The van der Waals surface area contributed by atoms with Crippen LogP contribution in [0.2, 0.25) is 0 Å². The van der Waals surface area contributed by atoms with E-state index in [4.69, 9.17) is 0 Å². The molecule has 0 radical (unpaired) electrons. The quantitative estimate of drug-likeness (QED) is 0.665. The summed E-state index contributed by atoms with van der Waals surface area (Å²) in [6, 6.07) is 13.4. The van der Waals surface area contributed by atoms with Gasteiger partial charge in [-0.05, 0) is 56.2 Å². The minimum Gasteiger partial charge on any atom is -0.327 e. The number of carbonyl (C=O) groups is 2. The third-order valence-electron chi connectivity index (χ3n) is 6.10. The zero-order valence-electron chi connectivity index (χ0n) is 18.8. The fourth-order valence-electron chi connectivity index (χ4n) is 4.15. The van der Waals surface area contributed by atoms with E-state index in [1.165, 1.54) is 17.0 Å². The number of rotatable bonds is 4. The summed E-state index contributed by atoms with van der Waals surface area (Å²) in [5.74, 6) is -1.38. The number of amides is 2. The zero-order valence-corrected chi connectivity index (χ0v) is 18.8. The standard InChI is InChI=1S/C25H25FN4O3/c1-15-13-29(14-23(31)30(15)19-7-5-4-6-8-19)25(33)20-11-18(9-10-21(20)26)12-22-16(2)17(3)24(32)28-27-22/h4-11,15H,12-14H2,1-3H3,(H,28,32)/t15-/m1/s1. The predicted molar refractivity (Wildman–Crippen MR) is 123 cm³/mol. The number of nitrogens with one attached hydrogen (secondary N) is 1. The van der Waals surface area contributed by atoms with Crippen LogP contribution in [0.1, 0.15) is 39.7 Å². The highest BCUT2D eigenvalue weighted by molar-refractivity contribution is 6.02. The molecule has 4 rings (SSSR count). The Hall–Kier alpha value is -3.81. The first-order chi connectivity index (χ1) is 15.8. The van der Waals surface area contributed by atoms with Crippen molar-refractivity contribution >= 4 is 17.5 Å². The number of piperazine rings is 1. The Balaban J connectivity index is 1.56. The number of H-pyrrole nitrogens is 1. The number of carbonyl (C=O) groups excluding carboxylic acids is 2. The van der Waals surface area contributed by atoms with E-state index < -0.39 is 11.7 Å². The van der Waals surface area contributed by atoms with Crippen molar-refractivity contribution in [3.63, 3.8) is 0 Å². The molecule has 1 atom stereocenters. The molecule has 1 fully saturated rings. The lowest BCUT2D eigenvalue weighted by Crippen LogP contribution is -2.57. The third kappa shape index (κ3) is 4.41. The summed E-state index contributed by atoms with van der Waals surface area (Å²) in [7, 11) is 0. The van der Waals surface area contributed by atoms with E-state index in [1.807, 2.05) is 44.2 Å². The van der Waals surface area contributed by atoms with Crippen molar-refractivity contribution < 1.29 is 14.0 Å². The zero-order chi connectivity index (χ0) is 23.7. The highest BCUT2D eigenvalue weighted by atomic mass is 19.1. The average molecular weight is 448 g/mol. The Morgan fingerprint density at radius 1 is 1.12 bits per heavy atom. The number of halogens is 1. The molecule has 0 saturated carbocycles. The van der Waals surface area contributed by atoms with Gasteiger partial charge in [0, 0.05) is 24.2 Å². The van der Waals surface area contributed by atoms with Crippen LogP contribution < -0.4 is 10.5 Å². The molecule has 170 valence electrons. The summed E-state index contributed by atoms with van der Waals surface area (Å²) in [4.78, 5) is 40.8. The molecule has 2 amide bonds. The summed E-state index contributed by atoms with van der Waals surface area (Å²) < 4.78 is 14.6. The van der Waals surface area contributed by atoms with Gasteiger partial charge in [-0.15, -0.1) is 0 Å². The molecule has 1 N–H and O–H groups in total. The van der Waals surface area contributed by atoms with Crippen molar-refractivity contribution in [2.75, 3.05) is 18.0 Å². The predicted octanol–water partition coefficient (Wildman–Crippen LogP) is 2.99. The first kappa shape index (κ1) is 22.4. The van der Waals surface area contributed by atoms with Crippen LogP contribution in [0.25, 0.3) is 0 Å². The lowest BCUT2D eigenvalue weighted by atomic mass is 10.0. The second kappa shape index (κ2) is 8.97. The summed E-state index contributed by atoms with van der Waals surface area (Å²) >= 11 is 0. The van der Waals surface area contributed by atoms with Gasteiger partial charge >= 0.3 is 0 Å². The Kier molecular flexibility index (Phi) is 6.09. The summed E-state index contributed by atoms with van der Waals surface area (Å²) in [6.45, 7) is 5.56. The maximum atomic E-state index is 14.6. The monoisotopic (exact) mass is 448 g/mol. The Labute approximate surface area is 190 Å². The first-order valence-corrected chi connectivity index (χ1v) is 10.8. The van der Waals surface area contributed by atoms with E-state index in [1.54, 1.807) is 17.9 Å². The third-order valence-corrected chi connectivity index (χ3v) is 6.10. The summed E-state index contributed by atoms with van der Waals surface area (Å²) in [5.41, 5.74) is 3.10. The highest BCUT2D eigenvalue weighted by Crippen LogP contribution is 2.23. The molecule has 0 spiro atoms. The maximum Gasteiger partial charge on any atom is 0.267 e. The van der Waals surface area contributed by atoms with Gasteiger partial charge in [0.05, 0.1) is 17.3 Å². The fraction of sp³-hybridized carbons (Fsp3) is 0.280. The molecule has 1 aliphatic heterocycles. The summed E-state index contributed by atoms with van der Waals surface area (Å²) in [5, 5.41) is 6.56. The van der Waals surface area contributed by atoms with Gasteiger partial charge in [0.2, 0.25) is 5.91 Å². The molecule has 1 aromatic heterocycles. The van der Waals surface area contributed by atoms with Crippen LogP contribution in [0.4, 0.5) is 10.1 Å². The molecule has 7 nitrogen and oxygen atoms in total. The number of hydrogen-bond donors (Lipinski definition) is 1. The molecule has 3 aromatic rings. The molecule has 8 heteroatoms. The largest absolute Gasteiger partial charge is 0.327 e. The molecule has 33 heavy (non-hydrogen) atoms. The summed E-state index contributed by atoms with van der Waals surface area (Å²) in [6.07, 6.45) is 0.334. The van der Waals surface area contributed by atoms with E-state index in [-0.39, 0.29) is 29.6 Å². The van der Waals surface area contributed by atoms with Crippen molar-refractivity contribution in [3.05, 3.63) is 92.6 Å². The van der Waals surface area contributed by atoms with Gasteiger partial charge in [0.1, 0.15) is 12.4 Å². The number of benzene rings is 2. The van der Waals surface area contributed by atoms with Crippen molar-refractivity contribution in [1.82, 2.24) is 15.1 Å². The maximum absolute atomic E-state index is 14.6. The van der Waals surface area contributed by atoms with E-state index in [9.17, 15) is 18.8 Å². The topological polar surface area (TPSA) is 86.4 Å².